The Morgan fingerprint density at radius 2 is 1.63 bits per heavy atom. The molecule has 2 fully saturated rings. The van der Waals surface area contributed by atoms with Gasteiger partial charge >= 0.3 is 0 Å². The molecular weight excluding hydrogens is 524 g/mol. The first-order chi connectivity index (χ1) is 19.5. The van der Waals surface area contributed by atoms with Crippen molar-refractivity contribution in [1.29, 1.82) is 0 Å². The van der Waals surface area contributed by atoms with Crippen LogP contribution in [0.15, 0.2) is 53.5 Å². The zero-order valence-corrected chi connectivity index (χ0v) is 24.5. The second kappa shape index (κ2) is 11.5. The molecule has 1 aliphatic heterocycles. The van der Waals surface area contributed by atoms with E-state index in [-0.39, 0.29) is 36.4 Å². The summed E-state index contributed by atoms with van der Waals surface area (Å²) in [6.07, 6.45) is 2.80. The van der Waals surface area contributed by atoms with Gasteiger partial charge in [0.1, 0.15) is 5.82 Å². The normalized spacial score (nSPS) is 19.8. The molecule has 2 aromatic heterocycles. The second-order valence-corrected chi connectivity index (χ2v) is 11.9. The summed E-state index contributed by atoms with van der Waals surface area (Å²) < 4.78 is 30.4. The highest BCUT2D eigenvalue weighted by atomic mass is 19.3. The van der Waals surface area contributed by atoms with Crippen LogP contribution in [-0.4, -0.2) is 57.4 Å². The van der Waals surface area contributed by atoms with Crippen molar-refractivity contribution in [3.63, 3.8) is 0 Å². The van der Waals surface area contributed by atoms with E-state index >= 15 is 0 Å². The number of halogens is 2. The van der Waals surface area contributed by atoms with Crippen LogP contribution in [0.25, 0.3) is 10.9 Å². The Hall–Kier alpha value is -3.33. The number of piperazine rings is 1. The minimum atomic E-state index is -2.63. The maximum absolute atomic E-state index is 14.3. The third-order valence-electron chi connectivity index (χ3n) is 8.99. The van der Waals surface area contributed by atoms with Crippen LogP contribution in [0.3, 0.4) is 0 Å². The molecular formula is C32H41F2N5O2. The fraction of sp³-hybridized carbons (Fsp3) is 0.531. The van der Waals surface area contributed by atoms with Gasteiger partial charge in [0.25, 0.3) is 5.56 Å². The van der Waals surface area contributed by atoms with E-state index in [4.69, 9.17) is 0 Å². The Kier molecular flexibility index (Phi) is 8.19. The molecule has 3 heterocycles. The van der Waals surface area contributed by atoms with Crippen LogP contribution >= 0.6 is 0 Å². The van der Waals surface area contributed by atoms with Crippen LogP contribution < -0.4 is 10.9 Å². The van der Waals surface area contributed by atoms with Crippen LogP contribution in [-0.2, 0) is 10.3 Å². The Bertz CT molecular complexity index is 1430. The van der Waals surface area contributed by atoms with Crippen molar-refractivity contribution >= 4 is 22.6 Å². The average Bonchev–Trinajstić information content (AvgIpc) is 2.97. The number of carbonyl (C=O) groups excluding carboxylic acids is 1. The van der Waals surface area contributed by atoms with Crippen LogP contribution in [0.4, 0.5) is 14.6 Å². The zero-order valence-electron chi connectivity index (χ0n) is 24.5. The predicted octanol–water partition coefficient (Wildman–Crippen LogP) is 6.11. The quantitative estimate of drug-likeness (QED) is 0.374. The smallest absolute Gasteiger partial charge is 0.251 e. The summed E-state index contributed by atoms with van der Waals surface area (Å²) in [6, 6.07) is 13.6. The van der Waals surface area contributed by atoms with E-state index in [0.29, 0.717) is 51.3 Å². The lowest BCUT2D eigenvalue weighted by Gasteiger charge is -2.51. The van der Waals surface area contributed by atoms with Crippen molar-refractivity contribution < 1.29 is 13.6 Å². The van der Waals surface area contributed by atoms with E-state index in [0.717, 1.165) is 22.0 Å². The molecule has 5 rings (SSSR count). The number of hydrogen-bond acceptors (Lipinski definition) is 5. The van der Waals surface area contributed by atoms with Gasteiger partial charge in [-0.05, 0) is 50.8 Å². The average molecular weight is 566 g/mol. The molecule has 0 unspecified atom stereocenters. The minimum Gasteiger partial charge on any atom is -0.363 e. The number of aromatic nitrogens is 2. The molecule has 0 radical (unpaired) electrons. The highest BCUT2D eigenvalue weighted by molar-refractivity contribution is 5.80. The fourth-order valence-corrected chi connectivity index (χ4v) is 6.58. The molecule has 1 saturated heterocycles. The molecule has 0 spiro atoms. The third-order valence-corrected chi connectivity index (χ3v) is 8.99. The van der Waals surface area contributed by atoms with Crippen LogP contribution in [0.2, 0.25) is 0 Å². The Labute approximate surface area is 240 Å². The number of nitrogens with zero attached hydrogens (tertiary/aromatic N) is 4. The van der Waals surface area contributed by atoms with Crippen molar-refractivity contribution in [3.8, 4) is 0 Å². The Balaban J connectivity index is 1.36. The van der Waals surface area contributed by atoms with Gasteiger partial charge in [0, 0.05) is 86.8 Å². The fourth-order valence-electron chi connectivity index (χ4n) is 6.58. The van der Waals surface area contributed by atoms with Gasteiger partial charge in [0.2, 0.25) is 11.8 Å². The summed E-state index contributed by atoms with van der Waals surface area (Å²) in [7, 11) is 0. The van der Waals surface area contributed by atoms with Gasteiger partial charge in [-0.25, -0.2) is 13.8 Å². The molecule has 1 amide bonds. The molecule has 1 saturated carbocycles. The molecule has 0 bridgehead atoms. The number of carbonyl (C=O) groups is 1. The van der Waals surface area contributed by atoms with E-state index in [1.165, 1.54) is 0 Å². The van der Waals surface area contributed by atoms with Crippen LogP contribution in [0.1, 0.15) is 83.0 Å². The van der Waals surface area contributed by atoms with Gasteiger partial charge < -0.3 is 14.8 Å². The summed E-state index contributed by atoms with van der Waals surface area (Å²) in [6.45, 7) is 10.5. The van der Waals surface area contributed by atoms with Gasteiger partial charge in [-0.15, -0.1) is 0 Å². The molecule has 1 N–H and O–H groups in total. The molecule has 1 aromatic carbocycles. The lowest BCUT2D eigenvalue weighted by atomic mass is 9.73. The number of nitrogens with one attached hydrogen (secondary N) is 1. The van der Waals surface area contributed by atoms with E-state index < -0.39 is 11.5 Å². The Morgan fingerprint density at radius 3 is 2.24 bits per heavy atom. The van der Waals surface area contributed by atoms with Gasteiger partial charge in [0.05, 0.1) is 5.52 Å². The van der Waals surface area contributed by atoms with Crippen molar-refractivity contribution in [2.24, 2.45) is 0 Å². The molecule has 9 heteroatoms. The molecule has 220 valence electrons. The summed E-state index contributed by atoms with van der Waals surface area (Å²) in [5, 5.41) is 4.37. The minimum absolute atomic E-state index is 0.0218. The first-order valence-corrected chi connectivity index (χ1v) is 14.8. The van der Waals surface area contributed by atoms with Gasteiger partial charge in [0.15, 0.2) is 0 Å². The van der Waals surface area contributed by atoms with Crippen molar-refractivity contribution in [2.45, 2.75) is 83.3 Å². The van der Waals surface area contributed by atoms with Crippen molar-refractivity contribution in [3.05, 3.63) is 70.1 Å². The summed E-state index contributed by atoms with van der Waals surface area (Å²) >= 11 is 0. The number of hydrogen-bond donors (Lipinski definition) is 1. The third kappa shape index (κ3) is 5.87. The van der Waals surface area contributed by atoms with Gasteiger partial charge in [-0.3, -0.25) is 14.5 Å². The molecule has 3 aromatic rings. The number of benzene rings is 1. The molecule has 7 nitrogen and oxygen atoms in total. The summed E-state index contributed by atoms with van der Waals surface area (Å²) in [5.41, 5.74) is 2.45. The zero-order chi connectivity index (χ0) is 29.4. The number of rotatable bonds is 7. The topological polar surface area (TPSA) is 70.5 Å². The van der Waals surface area contributed by atoms with Crippen molar-refractivity contribution in [2.75, 3.05) is 31.5 Å². The number of alkyl halides is 2. The van der Waals surface area contributed by atoms with E-state index in [2.05, 4.69) is 46.4 Å². The van der Waals surface area contributed by atoms with E-state index in [9.17, 15) is 18.4 Å². The SMILES string of the molecule is CCC(=O)N1CCN(C2(c3ccc([C@H](C)Nc4cc5c(ccc(=O)n5C(C)C)cn4)cc3)CCC(F)(F)CC2)CC1. The lowest BCUT2D eigenvalue weighted by Crippen LogP contribution is -2.58. The van der Waals surface area contributed by atoms with E-state index in [1.54, 1.807) is 22.9 Å². The lowest BCUT2D eigenvalue weighted by molar-refractivity contribution is -0.135. The molecule has 2 aliphatic rings. The van der Waals surface area contributed by atoms with E-state index in [1.807, 2.05) is 31.7 Å². The second-order valence-electron chi connectivity index (χ2n) is 11.9. The summed E-state index contributed by atoms with van der Waals surface area (Å²) in [5.74, 6) is -1.80. The molecule has 1 atom stereocenters. The number of fused-ring (bicyclic) bond motifs is 1. The molecule has 1 aliphatic carbocycles. The van der Waals surface area contributed by atoms with Gasteiger partial charge in [-0.2, -0.15) is 0 Å². The van der Waals surface area contributed by atoms with Gasteiger partial charge in [-0.1, -0.05) is 31.2 Å². The van der Waals surface area contributed by atoms with Crippen molar-refractivity contribution in [1.82, 2.24) is 19.4 Å². The largest absolute Gasteiger partial charge is 0.363 e. The summed E-state index contributed by atoms with van der Waals surface area (Å²) in [4.78, 5) is 33.5. The molecule has 41 heavy (non-hydrogen) atoms. The first-order valence-electron chi connectivity index (χ1n) is 14.8. The monoisotopic (exact) mass is 565 g/mol. The number of pyridine rings is 2. The number of amides is 1. The standard InChI is InChI=1S/C32H41F2N5O2/c1-5-29(40)37-16-18-38(19-17-37)31(12-14-32(33,34)15-13-31)26-9-6-24(7-10-26)23(4)36-28-20-27-25(21-35-28)8-11-30(41)39(27)22(2)3/h6-11,20-23H,5,12-19H2,1-4H3,(H,35,36)/t23-/m0/s1. The van der Waals surface area contributed by atoms with Crippen LogP contribution in [0, 0.1) is 0 Å². The predicted molar refractivity (Wildman–Crippen MR) is 158 cm³/mol. The first kappa shape index (κ1) is 29.2. The maximum Gasteiger partial charge on any atom is 0.251 e. The Morgan fingerprint density at radius 1 is 0.976 bits per heavy atom. The highest BCUT2D eigenvalue weighted by Crippen LogP contribution is 2.48. The van der Waals surface area contributed by atoms with Crippen LogP contribution in [0.5, 0.6) is 0 Å². The maximum atomic E-state index is 14.3. The highest BCUT2D eigenvalue weighted by Gasteiger charge is 2.48. The number of anilines is 1.